The number of halogens is 1. The second kappa shape index (κ2) is 8.07. The summed E-state index contributed by atoms with van der Waals surface area (Å²) in [5, 5.41) is 7.58. The number of hydrogen-bond donors (Lipinski definition) is 0. The summed E-state index contributed by atoms with van der Waals surface area (Å²) in [7, 11) is 0. The van der Waals surface area contributed by atoms with Crippen LogP contribution in [-0.2, 0) is 6.54 Å². The minimum absolute atomic E-state index is 0.715. The van der Waals surface area contributed by atoms with Crippen molar-refractivity contribution in [2.45, 2.75) is 25.8 Å². The molecule has 2 heterocycles. The van der Waals surface area contributed by atoms with E-state index in [1.165, 1.54) is 28.3 Å². The molecule has 0 atom stereocenters. The minimum Gasteiger partial charge on any atom is -0.299 e. The molecule has 4 heteroatoms. The van der Waals surface area contributed by atoms with Crippen molar-refractivity contribution in [3.8, 4) is 0 Å². The summed E-state index contributed by atoms with van der Waals surface area (Å²) in [6.45, 7) is 4.29. The van der Waals surface area contributed by atoms with E-state index in [9.17, 15) is 0 Å². The van der Waals surface area contributed by atoms with Gasteiger partial charge < -0.3 is 0 Å². The van der Waals surface area contributed by atoms with E-state index < -0.39 is 0 Å². The number of rotatable bonds is 6. The molecule has 1 aliphatic heterocycles. The summed E-state index contributed by atoms with van der Waals surface area (Å²) in [5.41, 5.74) is 2.86. The molecule has 0 N–H and O–H groups in total. The molecule has 1 aromatic heterocycles. The van der Waals surface area contributed by atoms with Crippen molar-refractivity contribution in [3.63, 3.8) is 0 Å². The van der Waals surface area contributed by atoms with Crippen LogP contribution in [0.5, 0.6) is 0 Å². The highest BCUT2D eigenvalue weighted by Crippen LogP contribution is 2.26. The molecule has 0 unspecified atom stereocenters. The van der Waals surface area contributed by atoms with Crippen molar-refractivity contribution >= 4 is 27.9 Å². The Balaban J connectivity index is 1.28. The molecule has 0 amide bonds. The average Bonchev–Trinajstić information content (AvgIpc) is 3.10. The maximum Gasteiger partial charge on any atom is 0.0785 e. The molecule has 0 aliphatic carbocycles. The third kappa shape index (κ3) is 4.17. The first-order chi connectivity index (χ1) is 12.8. The van der Waals surface area contributed by atoms with Gasteiger partial charge in [0.1, 0.15) is 0 Å². The van der Waals surface area contributed by atoms with Crippen LogP contribution in [0.4, 0.5) is 0 Å². The molecular formula is C22H24ClN3. The van der Waals surface area contributed by atoms with Crippen molar-refractivity contribution in [3.05, 3.63) is 71.5 Å². The molecule has 0 radical (unpaired) electrons. The van der Waals surface area contributed by atoms with E-state index in [0.29, 0.717) is 5.02 Å². The summed E-state index contributed by atoms with van der Waals surface area (Å²) < 4.78 is 1.93. The maximum atomic E-state index is 5.89. The smallest absolute Gasteiger partial charge is 0.0785 e. The van der Waals surface area contributed by atoms with Gasteiger partial charge in [0, 0.05) is 25.8 Å². The first-order valence-corrected chi connectivity index (χ1v) is 9.74. The van der Waals surface area contributed by atoms with Crippen LogP contribution >= 0.6 is 11.6 Å². The van der Waals surface area contributed by atoms with Crippen molar-refractivity contribution in [1.82, 2.24) is 14.7 Å². The summed E-state index contributed by atoms with van der Waals surface area (Å²) in [6.07, 6.45) is 9.45. The lowest BCUT2D eigenvalue weighted by molar-refractivity contribution is 0.291. The van der Waals surface area contributed by atoms with Gasteiger partial charge in [0.15, 0.2) is 0 Å². The Hall–Kier alpha value is -2.10. The second-order valence-electron chi connectivity index (χ2n) is 6.97. The third-order valence-corrected chi connectivity index (χ3v) is 5.32. The van der Waals surface area contributed by atoms with Crippen molar-refractivity contribution in [2.24, 2.45) is 0 Å². The molecule has 134 valence electrons. The Kier molecular flexibility index (Phi) is 5.37. The van der Waals surface area contributed by atoms with E-state index >= 15 is 0 Å². The van der Waals surface area contributed by atoms with E-state index in [0.717, 1.165) is 39.0 Å². The van der Waals surface area contributed by atoms with Gasteiger partial charge in [-0.25, -0.2) is 0 Å². The third-order valence-electron chi connectivity index (χ3n) is 5.13. The highest BCUT2D eigenvalue weighted by molar-refractivity contribution is 6.30. The first kappa shape index (κ1) is 17.3. The number of benzene rings is 2. The molecule has 3 aromatic rings. The van der Waals surface area contributed by atoms with Crippen LogP contribution < -0.4 is 0 Å². The topological polar surface area (TPSA) is 21.1 Å². The predicted octanol–water partition coefficient (Wildman–Crippen LogP) is 5.26. The van der Waals surface area contributed by atoms with E-state index in [1.54, 1.807) is 6.20 Å². The van der Waals surface area contributed by atoms with Crippen LogP contribution in [0.15, 0.2) is 60.9 Å². The van der Waals surface area contributed by atoms with Crippen LogP contribution in [-0.4, -0.2) is 34.3 Å². The Morgan fingerprint density at radius 3 is 2.62 bits per heavy atom. The van der Waals surface area contributed by atoms with Crippen molar-refractivity contribution in [2.75, 3.05) is 19.6 Å². The molecule has 26 heavy (non-hydrogen) atoms. The molecule has 0 bridgehead atoms. The summed E-state index contributed by atoms with van der Waals surface area (Å²) in [4.78, 5) is 2.54. The van der Waals surface area contributed by atoms with Crippen LogP contribution in [0.25, 0.3) is 16.3 Å². The lowest BCUT2D eigenvalue weighted by atomic mass is 9.97. The number of aryl methyl sites for hydroxylation is 1. The predicted molar refractivity (Wildman–Crippen MR) is 109 cm³/mol. The number of aromatic nitrogens is 2. The van der Waals surface area contributed by atoms with Gasteiger partial charge in [0.05, 0.1) is 11.2 Å². The largest absolute Gasteiger partial charge is 0.299 e. The Morgan fingerprint density at radius 2 is 1.85 bits per heavy atom. The summed E-state index contributed by atoms with van der Waals surface area (Å²) >= 11 is 5.89. The van der Waals surface area contributed by atoms with Gasteiger partial charge in [-0.1, -0.05) is 54.1 Å². The minimum atomic E-state index is 0.715. The highest BCUT2D eigenvalue weighted by Gasteiger charge is 2.13. The highest BCUT2D eigenvalue weighted by atomic mass is 35.5. The van der Waals surface area contributed by atoms with Crippen LogP contribution in [0.2, 0.25) is 5.02 Å². The number of nitrogens with zero attached hydrogens (tertiary/aromatic N) is 3. The first-order valence-electron chi connectivity index (χ1n) is 9.36. The number of fused-ring (bicyclic) bond motifs is 1. The van der Waals surface area contributed by atoms with Gasteiger partial charge in [-0.15, -0.1) is 0 Å². The molecule has 1 aliphatic rings. The molecule has 0 saturated carbocycles. The lowest BCUT2D eigenvalue weighted by Gasteiger charge is -2.26. The van der Waals surface area contributed by atoms with Gasteiger partial charge in [-0.2, -0.15) is 5.10 Å². The van der Waals surface area contributed by atoms with Gasteiger partial charge in [-0.05, 0) is 53.8 Å². The van der Waals surface area contributed by atoms with Crippen LogP contribution in [0.3, 0.4) is 0 Å². The summed E-state index contributed by atoms with van der Waals surface area (Å²) in [5.74, 6) is 0. The van der Waals surface area contributed by atoms with E-state index in [-0.39, 0.29) is 0 Å². The van der Waals surface area contributed by atoms with Crippen LogP contribution in [0.1, 0.15) is 24.8 Å². The zero-order valence-electron chi connectivity index (χ0n) is 14.9. The van der Waals surface area contributed by atoms with Crippen LogP contribution in [0, 0.1) is 0 Å². The van der Waals surface area contributed by atoms with E-state index in [1.807, 2.05) is 10.9 Å². The molecule has 0 fully saturated rings. The SMILES string of the molecule is Clc1cnn(CCCCN2CC=C(c3ccc4ccccc4c3)CC2)c1. The second-order valence-corrected chi connectivity index (χ2v) is 7.41. The van der Waals surface area contributed by atoms with Crippen molar-refractivity contribution in [1.29, 1.82) is 0 Å². The van der Waals surface area contributed by atoms with E-state index in [2.05, 4.69) is 58.5 Å². The molecule has 0 spiro atoms. The fraction of sp³-hybridized carbons (Fsp3) is 0.318. The maximum absolute atomic E-state index is 5.89. The standard InChI is InChI=1S/C22H24ClN3/c23-22-16-24-26(17-22)12-4-3-11-25-13-9-19(10-14-25)21-8-7-18-5-1-2-6-20(18)15-21/h1-2,5-9,15-17H,3-4,10-14H2. The quantitative estimate of drug-likeness (QED) is 0.555. The van der Waals surface area contributed by atoms with Gasteiger partial charge >= 0.3 is 0 Å². The van der Waals surface area contributed by atoms with Gasteiger partial charge in [0.2, 0.25) is 0 Å². The number of hydrogen-bond acceptors (Lipinski definition) is 2. The molecule has 2 aromatic carbocycles. The van der Waals surface area contributed by atoms with Gasteiger partial charge in [0.25, 0.3) is 0 Å². The molecule has 4 rings (SSSR count). The lowest BCUT2D eigenvalue weighted by Crippen LogP contribution is -2.29. The zero-order chi connectivity index (χ0) is 17.8. The molecular weight excluding hydrogens is 342 g/mol. The number of unbranched alkanes of at least 4 members (excludes halogenated alkanes) is 1. The summed E-state index contributed by atoms with van der Waals surface area (Å²) in [6, 6.07) is 15.4. The molecule has 3 nitrogen and oxygen atoms in total. The monoisotopic (exact) mass is 365 g/mol. The molecule has 0 saturated heterocycles. The Morgan fingerprint density at radius 1 is 1.00 bits per heavy atom. The van der Waals surface area contributed by atoms with E-state index in [4.69, 9.17) is 11.6 Å². The normalized spacial score (nSPS) is 15.3. The fourth-order valence-corrected chi connectivity index (χ4v) is 3.79. The fourth-order valence-electron chi connectivity index (χ4n) is 3.64. The van der Waals surface area contributed by atoms with Gasteiger partial charge in [-0.3, -0.25) is 9.58 Å². The van der Waals surface area contributed by atoms with Crippen molar-refractivity contribution < 1.29 is 0 Å². The Bertz CT molecular complexity index is 912. The average molecular weight is 366 g/mol. The zero-order valence-corrected chi connectivity index (χ0v) is 15.7. The Labute approximate surface area is 159 Å².